The highest BCUT2D eigenvalue weighted by atomic mass is 15.0. The lowest BCUT2D eigenvalue weighted by atomic mass is 9.99. The van der Waals surface area contributed by atoms with Gasteiger partial charge in [0.15, 0.2) is 5.82 Å². The lowest BCUT2D eigenvalue weighted by Crippen LogP contribution is -1.98. The quantitative estimate of drug-likeness (QED) is 0.180. The van der Waals surface area contributed by atoms with Crippen LogP contribution in [-0.2, 0) is 0 Å². The molecule has 0 saturated carbocycles. The number of aromatic nitrogens is 4. The Morgan fingerprint density at radius 1 is 0.315 bits per heavy atom. The molecule has 0 aliphatic rings. The molecule has 4 heteroatoms. The van der Waals surface area contributed by atoms with Gasteiger partial charge in [0.25, 0.3) is 0 Å². The third-order valence-corrected chi connectivity index (χ3v) is 10.7. The second kappa shape index (κ2) is 12.1. The van der Waals surface area contributed by atoms with Crippen molar-refractivity contribution in [3.05, 3.63) is 194 Å². The highest BCUT2D eigenvalue weighted by molar-refractivity contribution is 6.19. The fourth-order valence-corrected chi connectivity index (χ4v) is 8.32. The molecule has 0 fully saturated rings. The Kier molecular flexibility index (Phi) is 6.82. The van der Waals surface area contributed by atoms with Crippen LogP contribution in [0.1, 0.15) is 0 Å². The lowest BCUT2D eigenvalue weighted by molar-refractivity contribution is 1.18. The third-order valence-electron chi connectivity index (χ3n) is 10.7. The zero-order valence-corrected chi connectivity index (χ0v) is 29.3. The molecule has 11 aromatic rings. The summed E-state index contributed by atoms with van der Waals surface area (Å²) in [4.78, 5) is 10.3. The Labute approximate surface area is 311 Å². The summed E-state index contributed by atoms with van der Waals surface area (Å²) in [5.41, 5.74) is 11.9. The maximum Gasteiger partial charge on any atom is 0.160 e. The Bertz CT molecular complexity index is 3140. The maximum atomic E-state index is 5.21. The molecular weight excluding hydrogens is 657 g/mol. The molecule has 252 valence electrons. The van der Waals surface area contributed by atoms with Gasteiger partial charge in [-0.15, -0.1) is 0 Å². The van der Waals surface area contributed by atoms with Crippen LogP contribution in [0.4, 0.5) is 0 Å². The highest BCUT2D eigenvalue weighted by Crippen LogP contribution is 2.41. The highest BCUT2D eigenvalue weighted by Gasteiger charge is 2.20. The van der Waals surface area contributed by atoms with Crippen LogP contribution in [0.2, 0.25) is 0 Å². The number of hydrogen-bond donors (Lipinski definition) is 0. The summed E-state index contributed by atoms with van der Waals surface area (Å²) in [6.07, 6.45) is 0. The van der Waals surface area contributed by atoms with Crippen molar-refractivity contribution in [2.24, 2.45) is 0 Å². The van der Waals surface area contributed by atoms with Gasteiger partial charge in [0.1, 0.15) is 0 Å². The van der Waals surface area contributed by atoms with E-state index in [0.29, 0.717) is 5.82 Å². The second-order valence-electron chi connectivity index (χ2n) is 13.8. The molecule has 0 aliphatic heterocycles. The van der Waals surface area contributed by atoms with Crippen LogP contribution >= 0.6 is 0 Å². The summed E-state index contributed by atoms with van der Waals surface area (Å²) in [6.45, 7) is 0. The largest absolute Gasteiger partial charge is 0.309 e. The Morgan fingerprint density at radius 3 is 1.54 bits per heavy atom. The molecule has 54 heavy (non-hydrogen) atoms. The maximum absolute atomic E-state index is 5.21. The lowest BCUT2D eigenvalue weighted by Gasteiger charge is -2.15. The van der Waals surface area contributed by atoms with Gasteiger partial charge in [-0.3, -0.25) is 0 Å². The normalized spacial score (nSPS) is 11.7. The van der Waals surface area contributed by atoms with Gasteiger partial charge in [-0.1, -0.05) is 146 Å². The summed E-state index contributed by atoms with van der Waals surface area (Å²) in [7, 11) is 0. The van der Waals surface area contributed by atoms with Gasteiger partial charge in [0, 0.05) is 49.3 Å². The van der Waals surface area contributed by atoms with E-state index in [1.807, 2.05) is 24.3 Å². The van der Waals surface area contributed by atoms with Crippen LogP contribution in [0.25, 0.3) is 99.7 Å². The standard InChI is InChI=1S/C50H32N4/c1-4-16-33(17-5-1)43-32-44(52-50(51-43)34-18-6-2-7-19-34)37-25-14-26-38-36(37)24-15-29-47(38)54-46-28-13-11-23-40(46)42-30-48-41(31-49(42)54)39-22-10-12-27-45(39)53(48)35-20-8-3-9-21-35/h1-32H. The predicted octanol–water partition coefficient (Wildman–Crippen LogP) is 12.8. The number of benzene rings is 8. The molecule has 0 radical (unpaired) electrons. The smallest absolute Gasteiger partial charge is 0.160 e. The molecule has 3 aromatic heterocycles. The zero-order valence-electron chi connectivity index (χ0n) is 29.3. The van der Waals surface area contributed by atoms with E-state index in [9.17, 15) is 0 Å². The van der Waals surface area contributed by atoms with Gasteiger partial charge in [-0.2, -0.15) is 0 Å². The zero-order chi connectivity index (χ0) is 35.6. The van der Waals surface area contributed by atoms with Crippen molar-refractivity contribution in [1.29, 1.82) is 0 Å². The molecule has 0 N–H and O–H groups in total. The number of hydrogen-bond acceptors (Lipinski definition) is 2. The van der Waals surface area contributed by atoms with E-state index in [4.69, 9.17) is 9.97 Å². The van der Waals surface area contributed by atoms with Crippen molar-refractivity contribution in [3.63, 3.8) is 0 Å². The van der Waals surface area contributed by atoms with Crippen LogP contribution < -0.4 is 0 Å². The summed E-state index contributed by atoms with van der Waals surface area (Å²) in [5, 5.41) is 7.22. The van der Waals surface area contributed by atoms with Gasteiger partial charge < -0.3 is 9.13 Å². The van der Waals surface area contributed by atoms with Crippen LogP contribution in [0.15, 0.2) is 194 Å². The first-order valence-corrected chi connectivity index (χ1v) is 18.3. The van der Waals surface area contributed by atoms with Crippen molar-refractivity contribution in [2.75, 3.05) is 0 Å². The Morgan fingerprint density at radius 2 is 0.833 bits per heavy atom. The molecule has 0 atom stereocenters. The molecule has 0 bridgehead atoms. The summed E-state index contributed by atoms with van der Waals surface area (Å²) < 4.78 is 4.85. The van der Waals surface area contributed by atoms with E-state index in [1.165, 1.54) is 43.6 Å². The van der Waals surface area contributed by atoms with Crippen molar-refractivity contribution in [1.82, 2.24) is 19.1 Å². The fraction of sp³-hybridized carbons (Fsp3) is 0. The minimum Gasteiger partial charge on any atom is -0.309 e. The average Bonchev–Trinajstić information content (AvgIpc) is 3.75. The van der Waals surface area contributed by atoms with E-state index in [2.05, 4.69) is 179 Å². The number of nitrogens with zero attached hydrogens (tertiary/aromatic N) is 4. The Hall–Kier alpha value is -7.30. The van der Waals surface area contributed by atoms with Crippen LogP contribution in [0.3, 0.4) is 0 Å². The SMILES string of the molecule is c1ccc(-c2cc(-c3cccc4c(-n5c6ccccc6c6cc7c(cc65)c5ccccc5n7-c5ccccc5)cccc34)nc(-c3ccccc3)n2)cc1. The molecule has 3 heterocycles. The van der Waals surface area contributed by atoms with Crippen molar-refractivity contribution in [3.8, 4) is 45.3 Å². The molecule has 0 aliphatic carbocycles. The number of rotatable bonds is 5. The van der Waals surface area contributed by atoms with E-state index in [0.717, 1.165) is 50.2 Å². The van der Waals surface area contributed by atoms with Gasteiger partial charge in [0.05, 0.1) is 39.1 Å². The minimum atomic E-state index is 0.709. The molecular formula is C50H32N4. The van der Waals surface area contributed by atoms with Gasteiger partial charge >= 0.3 is 0 Å². The van der Waals surface area contributed by atoms with E-state index in [1.54, 1.807) is 0 Å². The third kappa shape index (κ3) is 4.70. The molecule has 11 rings (SSSR count). The monoisotopic (exact) mass is 688 g/mol. The van der Waals surface area contributed by atoms with Crippen LogP contribution in [-0.4, -0.2) is 19.1 Å². The molecule has 0 saturated heterocycles. The van der Waals surface area contributed by atoms with Crippen LogP contribution in [0.5, 0.6) is 0 Å². The summed E-state index contributed by atoms with van der Waals surface area (Å²) in [5.74, 6) is 0.709. The van der Waals surface area contributed by atoms with Gasteiger partial charge in [0.2, 0.25) is 0 Å². The van der Waals surface area contributed by atoms with Crippen LogP contribution in [0, 0.1) is 0 Å². The van der Waals surface area contributed by atoms with E-state index in [-0.39, 0.29) is 0 Å². The fourth-order valence-electron chi connectivity index (χ4n) is 8.32. The predicted molar refractivity (Wildman–Crippen MR) is 225 cm³/mol. The molecule has 0 amide bonds. The number of fused-ring (bicyclic) bond motifs is 7. The molecule has 4 nitrogen and oxygen atoms in total. The molecule has 8 aromatic carbocycles. The van der Waals surface area contributed by atoms with Crippen molar-refractivity contribution in [2.45, 2.75) is 0 Å². The topological polar surface area (TPSA) is 35.6 Å². The number of para-hydroxylation sites is 3. The van der Waals surface area contributed by atoms with Crippen molar-refractivity contribution < 1.29 is 0 Å². The van der Waals surface area contributed by atoms with E-state index >= 15 is 0 Å². The first kappa shape index (κ1) is 30.3. The first-order valence-electron chi connectivity index (χ1n) is 18.3. The molecule has 0 unspecified atom stereocenters. The first-order chi connectivity index (χ1) is 26.8. The molecule has 0 spiro atoms. The summed E-state index contributed by atoms with van der Waals surface area (Å²) in [6, 6.07) is 69.0. The van der Waals surface area contributed by atoms with Crippen molar-refractivity contribution >= 4 is 54.4 Å². The van der Waals surface area contributed by atoms with Gasteiger partial charge in [-0.25, -0.2) is 9.97 Å². The Balaban J connectivity index is 1.18. The summed E-state index contributed by atoms with van der Waals surface area (Å²) >= 11 is 0. The second-order valence-corrected chi connectivity index (χ2v) is 13.8. The average molecular weight is 689 g/mol. The minimum absolute atomic E-state index is 0.709. The van der Waals surface area contributed by atoms with Gasteiger partial charge in [-0.05, 0) is 53.9 Å². The van der Waals surface area contributed by atoms with E-state index < -0.39 is 0 Å².